The zero-order valence-electron chi connectivity index (χ0n) is 17.7. The lowest BCUT2D eigenvalue weighted by Gasteiger charge is -2.18. The van der Waals surface area contributed by atoms with E-state index in [0.717, 1.165) is 34.1 Å². The molecular weight excluding hydrogens is 364 g/mol. The summed E-state index contributed by atoms with van der Waals surface area (Å²) < 4.78 is 22.7. The molecule has 0 aliphatic rings. The number of hydrogen-bond acceptors (Lipinski definition) is 4. The molecule has 3 aromatic rings. The van der Waals surface area contributed by atoms with Gasteiger partial charge < -0.3 is 18.9 Å². The smallest absolute Gasteiger partial charge is 0.203 e. The Kier molecular flexibility index (Phi) is 6.65. The van der Waals surface area contributed by atoms with Gasteiger partial charge in [0.2, 0.25) is 5.75 Å². The Hall–Kier alpha value is -3.14. The van der Waals surface area contributed by atoms with Crippen LogP contribution in [0.3, 0.4) is 0 Å². The van der Waals surface area contributed by atoms with Crippen molar-refractivity contribution < 1.29 is 18.9 Å². The Morgan fingerprint density at radius 2 is 1.41 bits per heavy atom. The first kappa shape index (κ1) is 20.6. The first-order chi connectivity index (χ1) is 14.1. The van der Waals surface area contributed by atoms with Gasteiger partial charge in [-0.15, -0.1) is 0 Å². The van der Waals surface area contributed by atoms with Gasteiger partial charge in [-0.1, -0.05) is 49.4 Å². The largest absolute Gasteiger partial charge is 0.496 e. The zero-order valence-corrected chi connectivity index (χ0v) is 17.7. The summed E-state index contributed by atoms with van der Waals surface area (Å²) in [6.45, 7) is 4.11. The second kappa shape index (κ2) is 9.37. The highest BCUT2D eigenvalue weighted by molar-refractivity contribution is 5.96. The highest BCUT2D eigenvalue weighted by atomic mass is 16.5. The van der Waals surface area contributed by atoms with Crippen molar-refractivity contribution >= 4 is 22.9 Å². The van der Waals surface area contributed by atoms with Crippen molar-refractivity contribution in [1.29, 1.82) is 0 Å². The van der Waals surface area contributed by atoms with Gasteiger partial charge in [-0.25, -0.2) is 0 Å². The topological polar surface area (TPSA) is 36.9 Å². The van der Waals surface area contributed by atoms with Crippen molar-refractivity contribution in [2.75, 3.05) is 21.3 Å². The number of hydrogen-bond donors (Lipinski definition) is 0. The molecule has 0 fully saturated rings. The molecule has 1 atom stereocenters. The monoisotopic (exact) mass is 392 g/mol. The Morgan fingerprint density at radius 1 is 0.793 bits per heavy atom. The molecule has 4 nitrogen and oxygen atoms in total. The van der Waals surface area contributed by atoms with Gasteiger partial charge in [-0.05, 0) is 48.1 Å². The highest BCUT2D eigenvalue weighted by Crippen LogP contribution is 2.40. The van der Waals surface area contributed by atoms with Crippen LogP contribution in [-0.2, 0) is 0 Å². The molecule has 3 rings (SSSR count). The van der Waals surface area contributed by atoms with Crippen molar-refractivity contribution in [2.24, 2.45) is 0 Å². The maximum atomic E-state index is 6.02. The molecule has 3 aromatic carbocycles. The lowest BCUT2D eigenvalue weighted by molar-refractivity contribution is 0.198. The Bertz CT molecular complexity index is 982. The van der Waals surface area contributed by atoms with Crippen molar-refractivity contribution in [3.63, 3.8) is 0 Å². The molecule has 0 aliphatic carbocycles. The van der Waals surface area contributed by atoms with E-state index in [4.69, 9.17) is 18.9 Å². The first-order valence-corrected chi connectivity index (χ1v) is 9.77. The lowest BCUT2D eigenvalue weighted by atomic mass is 10.0. The van der Waals surface area contributed by atoms with E-state index >= 15 is 0 Å². The van der Waals surface area contributed by atoms with Crippen LogP contribution in [0, 0.1) is 0 Å². The standard InChI is InChI=1S/C25H28O4/c1-6-17(2)29-25-23(27-4)15-18(16-24(25)28-5)11-12-19-13-14-22(26-3)21-10-8-7-9-20(19)21/h7-17H,6H2,1-5H3. The second-order valence-electron chi connectivity index (χ2n) is 6.83. The Balaban J connectivity index is 2.00. The third kappa shape index (κ3) is 4.48. The van der Waals surface area contributed by atoms with E-state index in [-0.39, 0.29) is 6.10 Å². The molecule has 4 heteroatoms. The maximum absolute atomic E-state index is 6.02. The quantitative estimate of drug-likeness (QED) is 0.427. The summed E-state index contributed by atoms with van der Waals surface area (Å²) in [5.74, 6) is 2.82. The Morgan fingerprint density at radius 3 is 2.00 bits per heavy atom. The third-order valence-electron chi connectivity index (χ3n) is 4.97. The number of fused-ring (bicyclic) bond motifs is 1. The van der Waals surface area contributed by atoms with E-state index in [9.17, 15) is 0 Å². The van der Waals surface area contributed by atoms with Gasteiger partial charge in [-0.2, -0.15) is 0 Å². The molecular formula is C25H28O4. The minimum Gasteiger partial charge on any atom is -0.496 e. The van der Waals surface area contributed by atoms with Crippen molar-refractivity contribution in [2.45, 2.75) is 26.4 Å². The number of benzene rings is 3. The second-order valence-corrected chi connectivity index (χ2v) is 6.83. The van der Waals surface area contributed by atoms with Gasteiger partial charge in [-0.3, -0.25) is 0 Å². The molecule has 0 amide bonds. The van der Waals surface area contributed by atoms with E-state index in [1.807, 2.05) is 43.3 Å². The van der Waals surface area contributed by atoms with Crippen molar-refractivity contribution in [1.82, 2.24) is 0 Å². The van der Waals surface area contributed by atoms with E-state index in [2.05, 4.69) is 31.2 Å². The fraction of sp³-hybridized carbons (Fsp3) is 0.280. The number of ether oxygens (including phenoxy) is 4. The summed E-state index contributed by atoms with van der Waals surface area (Å²) in [5.41, 5.74) is 2.08. The normalized spacial score (nSPS) is 12.2. The van der Waals surface area contributed by atoms with Gasteiger partial charge >= 0.3 is 0 Å². The van der Waals surface area contributed by atoms with Gasteiger partial charge in [0.05, 0.1) is 27.4 Å². The van der Waals surface area contributed by atoms with Crippen LogP contribution in [0.5, 0.6) is 23.0 Å². The molecule has 0 N–H and O–H groups in total. The van der Waals surface area contributed by atoms with Crippen LogP contribution in [0.15, 0.2) is 48.5 Å². The molecule has 0 saturated carbocycles. The molecule has 152 valence electrons. The van der Waals surface area contributed by atoms with Gasteiger partial charge in [0.25, 0.3) is 0 Å². The predicted molar refractivity (Wildman–Crippen MR) is 119 cm³/mol. The van der Waals surface area contributed by atoms with Crippen LogP contribution < -0.4 is 18.9 Å². The lowest BCUT2D eigenvalue weighted by Crippen LogP contribution is -2.11. The minimum atomic E-state index is 0.0739. The molecule has 0 aliphatic heterocycles. The molecule has 0 aromatic heterocycles. The molecule has 0 spiro atoms. The number of rotatable bonds is 8. The summed E-state index contributed by atoms with van der Waals surface area (Å²) in [4.78, 5) is 0. The SMILES string of the molecule is CCC(C)Oc1c(OC)cc(C=Cc2ccc(OC)c3ccccc23)cc1OC. The van der Waals surface area contributed by atoms with Crippen molar-refractivity contribution in [3.8, 4) is 23.0 Å². The fourth-order valence-corrected chi connectivity index (χ4v) is 3.20. The predicted octanol–water partition coefficient (Wildman–Crippen LogP) is 6.21. The van der Waals surface area contributed by atoms with E-state index < -0.39 is 0 Å². The van der Waals surface area contributed by atoms with Gasteiger partial charge in [0.15, 0.2) is 11.5 Å². The van der Waals surface area contributed by atoms with Crippen LogP contribution in [0.1, 0.15) is 31.4 Å². The van der Waals surface area contributed by atoms with E-state index in [0.29, 0.717) is 17.2 Å². The average molecular weight is 392 g/mol. The summed E-state index contributed by atoms with van der Waals surface area (Å²) in [6, 6.07) is 16.2. The summed E-state index contributed by atoms with van der Waals surface area (Å²) in [5, 5.41) is 2.23. The van der Waals surface area contributed by atoms with Crippen LogP contribution in [0.25, 0.3) is 22.9 Å². The average Bonchev–Trinajstić information content (AvgIpc) is 2.77. The molecule has 29 heavy (non-hydrogen) atoms. The molecule has 0 heterocycles. The minimum absolute atomic E-state index is 0.0739. The highest BCUT2D eigenvalue weighted by Gasteiger charge is 2.16. The van der Waals surface area contributed by atoms with E-state index in [1.54, 1.807) is 21.3 Å². The molecule has 0 radical (unpaired) electrons. The first-order valence-electron chi connectivity index (χ1n) is 9.77. The van der Waals surface area contributed by atoms with Gasteiger partial charge in [0.1, 0.15) is 5.75 Å². The summed E-state index contributed by atoms with van der Waals surface area (Å²) in [7, 11) is 4.98. The van der Waals surface area contributed by atoms with Gasteiger partial charge in [0, 0.05) is 5.39 Å². The van der Waals surface area contributed by atoms with Crippen LogP contribution in [0.4, 0.5) is 0 Å². The third-order valence-corrected chi connectivity index (χ3v) is 4.97. The summed E-state index contributed by atoms with van der Waals surface area (Å²) >= 11 is 0. The van der Waals surface area contributed by atoms with Crippen LogP contribution in [-0.4, -0.2) is 27.4 Å². The molecule has 0 bridgehead atoms. The Labute approximate surface area is 172 Å². The van der Waals surface area contributed by atoms with E-state index in [1.165, 1.54) is 0 Å². The fourth-order valence-electron chi connectivity index (χ4n) is 3.20. The zero-order chi connectivity index (χ0) is 20.8. The number of methoxy groups -OCH3 is 3. The van der Waals surface area contributed by atoms with Crippen LogP contribution >= 0.6 is 0 Å². The van der Waals surface area contributed by atoms with Crippen molar-refractivity contribution in [3.05, 3.63) is 59.7 Å². The molecule has 0 saturated heterocycles. The molecule has 1 unspecified atom stereocenters. The summed E-state index contributed by atoms with van der Waals surface area (Å²) in [6.07, 6.45) is 5.11. The maximum Gasteiger partial charge on any atom is 0.203 e. The van der Waals surface area contributed by atoms with Crippen LogP contribution in [0.2, 0.25) is 0 Å².